The van der Waals surface area contributed by atoms with E-state index in [0.717, 1.165) is 5.69 Å². The fourth-order valence-corrected chi connectivity index (χ4v) is 2.28. The number of hydrogen-bond donors (Lipinski definition) is 2. The third kappa shape index (κ3) is 3.59. The molecule has 0 bridgehead atoms. The Bertz CT molecular complexity index is 385. The van der Waals surface area contributed by atoms with Crippen molar-refractivity contribution in [3.63, 3.8) is 0 Å². The Morgan fingerprint density at radius 1 is 1.17 bits per heavy atom. The zero-order valence-corrected chi connectivity index (χ0v) is 12.2. The van der Waals surface area contributed by atoms with Crippen molar-refractivity contribution in [3.8, 4) is 0 Å². The topological polar surface area (TPSA) is 57.8 Å². The molecule has 1 aromatic rings. The smallest absolute Gasteiger partial charge is 0.229 e. The fraction of sp³-hybridized carbons (Fsp3) is 0.714. The standard InChI is InChI=1S/C14H25N3O/c1-8(2)11-7-12(17-16-11)15-14(18)13(9(3)4)10(5)6/h7-10,13H,1-6H3,(H2,15,16,17,18). The fourth-order valence-electron chi connectivity index (χ4n) is 2.28. The quantitative estimate of drug-likeness (QED) is 0.842. The van der Waals surface area contributed by atoms with Gasteiger partial charge < -0.3 is 5.32 Å². The van der Waals surface area contributed by atoms with Crippen molar-refractivity contribution < 1.29 is 4.79 Å². The lowest BCUT2D eigenvalue weighted by Gasteiger charge is -2.23. The van der Waals surface area contributed by atoms with E-state index in [2.05, 4.69) is 57.1 Å². The van der Waals surface area contributed by atoms with Gasteiger partial charge in [-0.15, -0.1) is 0 Å². The van der Waals surface area contributed by atoms with Crippen LogP contribution in [0, 0.1) is 17.8 Å². The lowest BCUT2D eigenvalue weighted by atomic mass is 9.85. The van der Waals surface area contributed by atoms with Crippen LogP contribution in [0.4, 0.5) is 5.82 Å². The van der Waals surface area contributed by atoms with Gasteiger partial charge in [-0.25, -0.2) is 0 Å². The van der Waals surface area contributed by atoms with Gasteiger partial charge in [-0.3, -0.25) is 9.89 Å². The molecule has 4 heteroatoms. The maximum Gasteiger partial charge on any atom is 0.229 e. The molecule has 0 aliphatic heterocycles. The summed E-state index contributed by atoms with van der Waals surface area (Å²) >= 11 is 0. The molecule has 0 saturated heterocycles. The second-order valence-corrected chi connectivity index (χ2v) is 5.87. The van der Waals surface area contributed by atoms with Crippen LogP contribution in [0.25, 0.3) is 0 Å². The molecule has 2 N–H and O–H groups in total. The van der Waals surface area contributed by atoms with E-state index in [9.17, 15) is 4.79 Å². The number of amides is 1. The van der Waals surface area contributed by atoms with E-state index in [4.69, 9.17) is 0 Å². The summed E-state index contributed by atoms with van der Waals surface area (Å²) in [6.45, 7) is 12.5. The predicted molar refractivity (Wildman–Crippen MR) is 74.5 cm³/mol. The summed E-state index contributed by atoms with van der Waals surface area (Å²) in [7, 11) is 0. The maximum atomic E-state index is 12.2. The molecule has 0 saturated carbocycles. The van der Waals surface area contributed by atoms with Crippen molar-refractivity contribution in [1.82, 2.24) is 10.2 Å². The second-order valence-electron chi connectivity index (χ2n) is 5.87. The zero-order valence-electron chi connectivity index (χ0n) is 12.2. The van der Waals surface area contributed by atoms with Gasteiger partial charge in [0.05, 0.1) is 0 Å². The van der Waals surface area contributed by atoms with Crippen molar-refractivity contribution in [2.45, 2.75) is 47.5 Å². The van der Waals surface area contributed by atoms with E-state index in [1.54, 1.807) is 0 Å². The molecule has 0 aliphatic carbocycles. The number of anilines is 1. The highest BCUT2D eigenvalue weighted by molar-refractivity contribution is 5.92. The van der Waals surface area contributed by atoms with Crippen LogP contribution < -0.4 is 5.32 Å². The summed E-state index contributed by atoms with van der Waals surface area (Å²) in [6.07, 6.45) is 0. The van der Waals surface area contributed by atoms with Gasteiger partial charge in [-0.1, -0.05) is 41.5 Å². The zero-order chi connectivity index (χ0) is 13.9. The summed E-state index contributed by atoms with van der Waals surface area (Å²) in [5, 5.41) is 9.96. The van der Waals surface area contributed by atoms with E-state index in [0.29, 0.717) is 23.6 Å². The molecular weight excluding hydrogens is 226 g/mol. The molecule has 0 aromatic carbocycles. The summed E-state index contributed by atoms with van der Waals surface area (Å²) in [5.41, 5.74) is 1.04. The van der Waals surface area contributed by atoms with Gasteiger partial charge in [0.25, 0.3) is 0 Å². The van der Waals surface area contributed by atoms with Gasteiger partial charge in [-0.2, -0.15) is 5.10 Å². The number of carbonyl (C=O) groups is 1. The van der Waals surface area contributed by atoms with Crippen LogP contribution in [0.15, 0.2) is 6.07 Å². The maximum absolute atomic E-state index is 12.2. The number of aromatic amines is 1. The third-order valence-corrected chi connectivity index (χ3v) is 3.21. The Hall–Kier alpha value is -1.32. The monoisotopic (exact) mass is 251 g/mol. The number of nitrogens with one attached hydrogen (secondary N) is 2. The van der Waals surface area contributed by atoms with E-state index in [1.165, 1.54) is 0 Å². The highest BCUT2D eigenvalue weighted by Crippen LogP contribution is 2.23. The van der Waals surface area contributed by atoms with Gasteiger partial charge in [0.2, 0.25) is 5.91 Å². The number of hydrogen-bond acceptors (Lipinski definition) is 2. The number of rotatable bonds is 5. The lowest BCUT2D eigenvalue weighted by molar-refractivity contribution is -0.122. The molecule has 1 rings (SSSR count). The van der Waals surface area contributed by atoms with Crippen molar-refractivity contribution in [2.24, 2.45) is 17.8 Å². The molecule has 18 heavy (non-hydrogen) atoms. The number of aromatic nitrogens is 2. The average Bonchev–Trinajstić information content (AvgIpc) is 2.64. The Morgan fingerprint density at radius 3 is 2.11 bits per heavy atom. The minimum Gasteiger partial charge on any atom is -0.309 e. The van der Waals surface area contributed by atoms with Crippen LogP contribution in [0.3, 0.4) is 0 Å². The molecule has 1 heterocycles. The number of carbonyl (C=O) groups excluding carboxylic acids is 1. The molecule has 1 aromatic heterocycles. The third-order valence-electron chi connectivity index (χ3n) is 3.21. The first-order valence-electron chi connectivity index (χ1n) is 6.69. The van der Waals surface area contributed by atoms with E-state index < -0.39 is 0 Å². The summed E-state index contributed by atoms with van der Waals surface area (Å²) < 4.78 is 0. The van der Waals surface area contributed by atoms with E-state index >= 15 is 0 Å². The van der Waals surface area contributed by atoms with Crippen LogP contribution >= 0.6 is 0 Å². The predicted octanol–water partition coefficient (Wildman–Crippen LogP) is 3.40. The number of H-pyrrole nitrogens is 1. The van der Waals surface area contributed by atoms with E-state index in [-0.39, 0.29) is 11.8 Å². The minimum absolute atomic E-state index is 0.0178. The van der Waals surface area contributed by atoms with Crippen LogP contribution in [-0.2, 0) is 4.79 Å². The molecule has 0 aliphatic rings. The highest BCUT2D eigenvalue weighted by atomic mass is 16.2. The van der Waals surface area contributed by atoms with E-state index in [1.807, 2.05) is 6.07 Å². The molecule has 0 fully saturated rings. The molecule has 0 unspecified atom stereocenters. The largest absolute Gasteiger partial charge is 0.309 e. The second kappa shape index (κ2) is 6.03. The summed E-state index contributed by atoms with van der Waals surface area (Å²) in [6, 6.07) is 1.90. The summed E-state index contributed by atoms with van der Waals surface area (Å²) in [5.74, 6) is 1.73. The normalized spacial score (nSPS) is 11.9. The van der Waals surface area contributed by atoms with Gasteiger partial charge in [0.15, 0.2) is 5.82 Å². The Labute approximate surface area is 110 Å². The Kier molecular flexibility index (Phi) is 4.93. The Balaban J connectivity index is 2.73. The lowest BCUT2D eigenvalue weighted by Crippen LogP contribution is -2.31. The van der Waals surface area contributed by atoms with Gasteiger partial charge in [0, 0.05) is 17.7 Å². The van der Waals surface area contributed by atoms with Crippen molar-refractivity contribution >= 4 is 11.7 Å². The molecule has 0 spiro atoms. The average molecular weight is 251 g/mol. The molecule has 4 nitrogen and oxygen atoms in total. The molecule has 1 amide bonds. The van der Waals surface area contributed by atoms with Crippen LogP contribution in [0.5, 0.6) is 0 Å². The van der Waals surface area contributed by atoms with Crippen LogP contribution in [-0.4, -0.2) is 16.1 Å². The number of nitrogens with zero attached hydrogens (tertiary/aromatic N) is 1. The van der Waals surface area contributed by atoms with Gasteiger partial charge >= 0.3 is 0 Å². The van der Waals surface area contributed by atoms with Crippen LogP contribution in [0.2, 0.25) is 0 Å². The van der Waals surface area contributed by atoms with Crippen molar-refractivity contribution in [1.29, 1.82) is 0 Å². The SMILES string of the molecule is CC(C)c1cc(NC(=O)C(C(C)C)C(C)C)n[nH]1. The van der Waals surface area contributed by atoms with Crippen molar-refractivity contribution in [3.05, 3.63) is 11.8 Å². The van der Waals surface area contributed by atoms with Gasteiger partial charge in [0.1, 0.15) is 0 Å². The first-order valence-corrected chi connectivity index (χ1v) is 6.69. The molecule has 0 atom stereocenters. The molecule has 102 valence electrons. The first-order chi connectivity index (χ1) is 8.32. The Morgan fingerprint density at radius 2 is 1.72 bits per heavy atom. The van der Waals surface area contributed by atoms with Gasteiger partial charge in [-0.05, 0) is 17.8 Å². The molecular formula is C14H25N3O. The highest BCUT2D eigenvalue weighted by Gasteiger charge is 2.26. The first kappa shape index (κ1) is 14.7. The van der Waals surface area contributed by atoms with Crippen LogP contribution in [0.1, 0.15) is 53.2 Å². The molecule has 0 radical (unpaired) electrons. The van der Waals surface area contributed by atoms with Crippen molar-refractivity contribution in [2.75, 3.05) is 5.32 Å². The minimum atomic E-state index is 0.0178. The summed E-state index contributed by atoms with van der Waals surface area (Å²) in [4.78, 5) is 12.2.